The van der Waals surface area contributed by atoms with Crippen molar-refractivity contribution in [2.75, 3.05) is 32.8 Å². The zero-order chi connectivity index (χ0) is 21.7. The zero-order valence-corrected chi connectivity index (χ0v) is 18.2. The maximum Gasteiger partial charge on any atom is 0.332 e. The first kappa shape index (κ1) is 20.0. The monoisotopic (exact) mass is 442 g/mol. The number of aromatic nitrogens is 5. The lowest BCUT2D eigenvalue weighted by Crippen LogP contribution is -2.44. The van der Waals surface area contributed by atoms with E-state index in [2.05, 4.69) is 9.88 Å². The second kappa shape index (κ2) is 7.67. The average Bonchev–Trinajstić information content (AvgIpc) is 3.28. The third kappa shape index (κ3) is 3.29. The van der Waals surface area contributed by atoms with Crippen molar-refractivity contribution in [3.8, 4) is 5.69 Å². The van der Waals surface area contributed by atoms with Crippen LogP contribution in [0.4, 0.5) is 0 Å². The van der Waals surface area contributed by atoms with Crippen molar-refractivity contribution in [2.24, 2.45) is 7.05 Å². The molecule has 0 bridgehead atoms. The first-order valence-electron chi connectivity index (χ1n) is 10.2. The van der Waals surface area contributed by atoms with E-state index in [4.69, 9.17) is 16.3 Å². The Kier molecular flexibility index (Phi) is 4.96. The van der Waals surface area contributed by atoms with Crippen LogP contribution in [0.3, 0.4) is 0 Å². The largest absolute Gasteiger partial charge is 0.379 e. The highest BCUT2D eigenvalue weighted by molar-refractivity contribution is 6.30. The molecule has 0 aliphatic carbocycles. The Morgan fingerprint density at radius 3 is 2.52 bits per heavy atom. The van der Waals surface area contributed by atoms with Gasteiger partial charge in [-0.3, -0.25) is 27.8 Å². The van der Waals surface area contributed by atoms with Crippen LogP contribution in [0.25, 0.3) is 22.6 Å². The number of rotatable bonds is 4. The molecule has 1 fully saturated rings. The van der Waals surface area contributed by atoms with Crippen LogP contribution < -0.4 is 11.2 Å². The van der Waals surface area contributed by atoms with Crippen molar-refractivity contribution < 1.29 is 4.74 Å². The molecule has 31 heavy (non-hydrogen) atoms. The van der Waals surface area contributed by atoms with Gasteiger partial charge in [0.15, 0.2) is 11.2 Å². The summed E-state index contributed by atoms with van der Waals surface area (Å²) >= 11 is 6.03. The summed E-state index contributed by atoms with van der Waals surface area (Å²) in [5, 5.41) is 0.642. The second-order valence-corrected chi connectivity index (χ2v) is 8.23. The van der Waals surface area contributed by atoms with E-state index >= 15 is 0 Å². The number of benzene rings is 1. The van der Waals surface area contributed by atoms with E-state index in [9.17, 15) is 9.59 Å². The predicted octanol–water partition coefficient (Wildman–Crippen LogP) is 1.43. The van der Waals surface area contributed by atoms with Crippen LogP contribution in [0, 0.1) is 6.92 Å². The van der Waals surface area contributed by atoms with E-state index in [1.54, 1.807) is 11.4 Å². The smallest absolute Gasteiger partial charge is 0.332 e. The van der Waals surface area contributed by atoms with E-state index in [1.807, 2.05) is 42.0 Å². The Morgan fingerprint density at radius 1 is 1.10 bits per heavy atom. The highest BCUT2D eigenvalue weighted by Gasteiger charge is 2.21. The van der Waals surface area contributed by atoms with Gasteiger partial charge in [0, 0.05) is 55.8 Å². The maximum absolute atomic E-state index is 13.4. The number of aryl methyl sites for hydroxylation is 2. The summed E-state index contributed by atoms with van der Waals surface area (Å²) < 4.78 is 11.8. The number of fused-ring (bicyclic) bond motifs is 3. The molecular formula is C21H23ClN6O3. The first-order chi connectivity index (χ1) is 15.0. The summed E-state index contributed by atoms with van der Waals surface area (Å²) in [4.78, 5) is 33.2. The molecule has 5 rings (SSSR count). The summed E-state index contributed by atoms with van der Waals surface area (Å²) in [6, 6.07) is 7.41. The van der Waals surface area contributed by atoms with Crippen LogP contribution in [-0.2, 0) is 18.3 Å². The van der Waals surface area contributed by atoms with Gasteiger partial charge in [-0.1, -0.05) is 11.6 Å². The number of nitrogens with zero attached hydrogens (tertiary/aromatic N) is 6. The van der Waals surface area contributed by atoms with E-state index < -0.39 is 0 Å². The Hall–Kier alpha value is -2.88. The van der Waals surface area contributed by atoms with E-state index in [0.717, 1.165) is 24.5 Å². The maximum atomic E-state index is 13.4. The molecule has 0 spiro atoms. The third-order valence-corrected chi connectivity index (χ3v) is 6.11. The quantitative estimate of drug-likeness (QED) is 0.478. The number of hydrogen-bond acceptors (Lipinski definition) is 5. The summed E-state index contributed by atoms with van der Waals surface area (Å²) in [5.41, 5.74) is 1.88. The molecule has 162 valence electrons. The predicted molar refractivity (Wildman–Crippen MR) is 119 cm³/mol. The topological polar surface area (TPSA) is 78.7 Å². The van der Waals surface area contributed by atoms with Gasteiger partial charge >= 0.3 is 5.69 Å². The average molecular weight is 443 g/mol. The molecule has 1 aliphatic rings. The van der Waals surface area contributed by atoms with Gasteiger partial charge in [-0.15, -0.1) is 0 Å². The zero-order valence-electron chi connectivity index (χ0n) is 17.4. The van der Waals surface area contributed by atoms with Crippen LogP contribution in [0.5, 0.6) is 0 Å². The molecule has 10 heteroatoms. The van der Waals surface area contributed by atoms with Crippen molar-refractivity contribution >= 4 is 28.5 Å². The van der Waals surface area contributed by atoms with Gasteiger partial charge in [-0.25, -0.2) is 4.79 Å². The molecule has 4 heterocycles. The molecule has 4 aromatic rings. The fourth-order valence-corrected chi connectivity index (χ4v) is 4.31. The summed E-state index contributed by atoms with van der Waals surface area (Å²) in [7, 11) is 1.65. The van der Waals surface area contributed by atoms with Gasteiger partial charge < -0.3 is 4.74 Å². The van der Waals surface area contributed by atoms with Crippen LogP contribution in [0.15, 0.2) is 40.1 Å². The van der Waals surface area contributed by atoms with Gasteiger partial charge in [-0.2, -0.15) is 4.98 Å². The van der Waals surface area contributed by atoms with Gasteiger partial charge in [0.25, 0.3) is 5.56 Å². The van der Waals surface area contributed by atoms with Gasteiger partial charge in [-0.05, 0) is 31.2 Å². The summed E-state index contributed by atoms with van der Waals surface area (Å²) in [6.45, 7) is 5.85. The van der Waals surface area contributed by atoms with Crippen molar-refractivity contribution in [1.29, 1.82) is 0 Å². The van der Waals surface area contributed by atoms with Crippen molar-refractivity contribution in [3.63, 3.8) is 0 Å². The fraction of sp³-hybridized carbons (Fsp3) is 0.381. The molecule has 0 saturated carbocycles. The third-order valence-electron chi connectivity index (χ3n) is 5.85. The van der Waals surface area contributed by atoms with E-state index in [-0.39, 0.29) is 11.2 Å². The van der Waals surface area contributed by atoms with Crippen molar-refractivity contribution in [1.82, 2.24) is 28.0 Å². The Morgan fingerprint density at radius 2 is 1.81 bits per heavy atom. The van der Waals surface area contributed by atoms with Gasteiger partial charge in [0.2, 0.25) is 5.78 Å². The molecule has 1 aliphatic heterocycles. The minimum atomic E-state index is -0.360. The molecule has 9 nitrogen and oxygen atoms in total. The molecule has 0 N–H and O–H groups in total. The number of ether oxygens (including phenoxy) is 1. The summed E-state index contributed by atoms with van der Waals surface area (Å²) in [5.74, 6) is 0.577. The SMILES string of the molecule is Cc1cn2c3c(=O)n(CCN4CCOCC4)c(=O)n(C)c3nc2n1-c1ccc(Cl)cc1. The van der Waals surface area contributed by atoms with Gasteiger partial charge in [0.1, 0.15) is 0 Å². The Labute approximate surface area is 182 Å². The fourth-order valence-electron chi connectivity index (χ4n) is 4.18. The highest BCUT2D eigenvalue weighted by Crippen LogP contribution is 2.22. The number of hydrogen-bond donors (Lipinski definition) is 0. The molecular weight excluding hydrogens is 420 g/mol. The highest BCUT2D eigenvalue weighted by atomic mass is 35.5. The summed E-state index contributed by atoms with van der Waals surface area (Å²) in [6.07, 6.45) is 1.87. The van der Waals surface area contributed by atoms with E-state index in [1.165, 1.54) is 9.13 Å². The number of halogens is 1. The normalized spacial score (nSPS) is 15.3. The van der Waals surface area contributed by atoms with Crippen LogP contribution in [0.1, 0.15) is 5.69 Å². The van der Waals surface area contributed by atoms with E-state index in [0.29, 0.717) is 48.3 Å². The number of imidazole rings is 2. The van der Waals surface area contributed by atoms with Crippen molar-refractivity contribution in [2.45, 2.75) is 13.5 Å². The van der Waals surface area contributed by atoms with Crippen LogP contribution >= 0.6 is 11.6 Å². The lowest BCUT2D eigenvalue weighted by atomic mass is 10.3. The van der Waals surface area contributed by atoms with Crippen molar-refractivity contribution in [3.05, 3.63) is 62.0 Å². The first-order valence-corrected chi connectivity index (χ1v) is 10.6. The van der Waals surface area contributed by atoms with Gasteiger partial charge in [0.05, 0.1) is 13.2 Å². The van der Waals surface area contributed by atoms with Crippen LogP contribution in [-0.4, -0.2) is 60.8 Å². The molecule has 0 unspecified atom stereocenters. The minimum absolute atomic E-state index is 0.325. The Balaban J connectivity index is 1.66. The molecule has 0 amide bonds. The molecule has 1 aromatic carbocycles. The molecule has 1 saturated heterocycles. The standard InChI is InChI=1S/C21H23ClN6O3/c1-14-13-27-17-18(23-20(27)28(14)16-5-3-15(22)4-6-16)24(2)21(30)26(19(17)29)8-7-25-9-11-31-12-10-25/h3-6,13H,7-12H2,1-2H3. The molecule has 0 radical (unpaired) electrons. The molecule has 3 aromatic heterocycles. The Bertz CT molecular complexity index is 1390. The molecule has 0 atom stereocenters. The lowest BCUT2D eigenvalue weighted by Gasteiger charge is -2.26. The van der Waals surface area contributed by atoms with Crippen LogP contribution in [0.2, 0.25) is 5.02 Å². The number of morpholine rings is 1. The lowest BCUT2D eigenvalue weighted by molar-refractivity contribution is 0.0361. The minimum Gasteiger partial charge on any atom is -0.379 e. The second-order valence-electron chi connectivity index (χ2n) is 7.79.